The van der Waals surface area contributed by atoms with Crippen molar-refractivity contribution in [2.24, 2.45) is 0 Å². The maximum absolute atomic E-state index is 12.5. The van der Waals surface area contributed by atoms with Crippen LogP contribution in [0.5, 0.6) is 0 Å². The van der Waals surface area contributed by atoms with Gasteiger partial charge in [-0.2, -0.15) is 5.10 Å². The molecule has 1 aliphatic heterocycles. The molecule has 3 rings (SSSR count). The van der Waals surface area contributed by atoms with Crippen LogP contribution in [0.1, 0.15) is 35.3 Å². The van der Waals surface area contributed by atoms with E-state index in [1.165, 1.54) is 5.56 Å². The Hall–Kier alpha value is -2.14. The number of para-hydroxylation sites is 1. The number of H-pyrrole nitrogens is 1. The minimum absolute atomic E-state index is 0.00106. The van der Waals surface area contributed by atoms with Crippen molar-refractivity contribution in [2.75, 3.05) is 18.0 Å². The SMILES string of the molecule is CCNC1CCN(C(=O)c2cn[nH]c2)c2ccccc21. The van der Waals surface area contributed by atoms with Crippen LogP contribution < -0.4 is 10.2 Å². The molecule has 104 valence electrons. The number of hydrogen-bond donors (Lipinski definition) is 2. The Balaban J connectivity index is 1.94. The number of fused-ring (bicyclic) bond motifs is 1. The molecule has 0 radical (unpaired) electrons. The first kappa shape index (κ1) is 12.9. The van der Waals surface area contributed by atoms with Gasteiger partial charge in [0.05, 0.1) is 11.8 Å². The molecule has 0 saturated heterocycles. The Morgan fingerprint density at radius 3 is 3.10 bits per heavy atom. The van der Waals surface area contributed by atoms with Crippen molar-refractivity contribution in [3.63, 3.8) is 0 Å². The molecule has 0 bridgehead atoms. The summed E-state index contributed by atoms with van der Waals surface area (Å²) in [6.45, 7) is 3.75. The minimum Gasteiger partial charge on any atom is -0.310 e. The summed E-state index contributed by atoms with van der Waals surface area (Å²) in [5.74, 6) is 0.00106. The summed E-state index contributed by atoms with van der Waals surface area (Å²) in [6.07, 6.45) is 4.14. The minimum atomic E-state index is 0.00106. The van der Waals surface area contributed by atoms with Crippen LogP contribution in [0.3, 0.4) is 0 Å². The Morgan fingerprint density at radius 1 is 1.50 bits per heavy atom. The number of nitrogens with zero attached hydrogens (tertiary/aromatic N) is 2. The molecule has 0 fully saturated rings. The largest absolute Gasteiger partial charge is 0.310 e. The Morgan fingerprint density at radius 2 is 2.35 bits per heavy atom. The second-order valence-electron chi connectivity index (χ2n) is 4.90. The lowest BCUT2D eigenvalue weighted by Gasteiger charge is -2.34. The van der Waals surface area contributed by atoms with Gasteiger partial charge in [-0.15, -0.1) is 0 Å². The highest BCUT2D eigenvalue weighted by molar-refractivity contribution is 6.06. The summed E-state index contributed by atoms with van der Waals surface area (Å²) in [5, 5.41) is 10.0. The summed E-state index contributed by atoms with van der Waals surface area (Å²) in [6, 6.07) is 8.43. The van der Waals surface area contributed by atoms with Crippen LogP contribution in [0, 0.1) is 0 Å². The normalized spacial score (nSPS) is 17.9. The van der Waals surface area contributed by atoms with Crippen molar-refractivity contribution >= 4 is 11.6 Å². The van der Waals surface area contributed by atoms with E-state index in [2.05, 4.69) is 28.5 Å². The summed E-state index contributed by atoms with van der Waals surface area (Å²) in [4.78, 5) is 14.4. The lowest BCUT2D eigenvalue weighted by atomic mass is 9.96. The topological polar surface area (TPSA) is 61.0 Å². The van der Waals surface area contributed by atoms with Crippen LogP contribution in [0.25, 0.3) is 0 Å². The van der Waals surface area contributed by atoms with E-state index in [0.29, 0.717) is 11.6 Å². The number of aromatic nitrogens is 2. The molecule has 1 aromatic carbocycles. The lowest BCUT2D eigenvalue weighted by molar-refractivity contribution is 0.0983. The molecule has 0 aliphatic carbocycles. The average molecular weight is 270 g/mol. The molecule has 5 heteroatoms. The fourth-order valence-corrected chi connectivity index (χ4v) is 2.76. The molecular formula is C15H18N4O. The second kappa shape index (κ2) is 5.46. The van der Waals surface area contributed by atoms with E-state index in [9.17, 15) is 4.79 Å². The zero-order valence-electron chi connectivity index (χ0n) is 11.5. The van der Waals surface area contributed by atoms with Crippen molar-refractivity contribution in [1.82, 2.24) is 15.5 Å². The first-order chi connectivity index (χ1) is 9.81. The standard InChI is InChI=1S/C15H18N4O/c1-2-16-13-7-8-19(14-6-4-3-5-12(13)14)15(20)11-9-17-18-10-11/h3-6,9-10,13,16H,2,7-8H2,1H3,(H,17,18). The number of carbonyl (C=O) groups excluding carboxylic acids is 1. The second-order valence-corrected chi connectivity index (χ2v) is 4.90. The smallest absolute Gasteiger partial charge is 0.261 e. The summed E-state index contributed by atoms with van der Waals surface area (Å²) in [7, 11) is 0. The predicted molar refractivity (Wildman–Crippen MR) is 77.7 cm³/mol. The van der Waals surface area contributed by atoms with Gasteiger partial charge in [-0.25, -0.2) is 0 Å². The first-order valence-electron chi connectivity index (χ1n) is 6.94. The van der Waals surface area contributed by atoms with Gasteiger partial charge in [0, 0.05) is 24.5 Å². The number of amides is 1. The maximum atomic E-state index is 12.5. The summed E-state index contributed by atoms with van der Waals surface area (Å²) < 4.78 is 0. The summed E-state index contributed by atoms with van der Waals surface area (Å²) >= 11 is 0. The molecule has 2 aromatic rings. The predicted octanol–water partition coefficient (Wildman–Crippen LogP) is 2.11. The van der Waals surface area contributed by atoms with Gasteiger partial charge < -0.3 is 10.2 Å². The lowest BCUT2D eigenvalue weighted by Crippen LogP contribution is -2.39. The third kappa shape index (κ3) is 2.20. The first-order valence-corrected chi connectivity index (χ1v) is 6.94. The molecule has 0 spiro atoms. The van der Waals surface area contributed by atoms with Crippen LogP contribution in [-0.4, -0.2) is 29.2 Å². The fourth-order valence-electron chi connectivity index (χ4n) is 2.76. The van der Waals surface area contributed by atoms with Crippen molar-refractivity contribution in [3.05, 3.63) is 47.8 Å². The number of benzene rings is 1. The van der Waals surface area contributed by atoms with E-state index in [1.807, 2.05) is 23.1 Å². The average Bonchev–Trinajstić information content (AvgIpc) is 3.01. The Kier molecular flexibility index (Phi) is 3.52. The molecule has 1 atom stereocenters. The van der Waals surface area contributed by atoms with Gasteiger partial charge in [-0.3, -0.25) is 9.89 Å². The number of aromatic amines is 1. The van der Waals surface area contributed by atoms with Crippen LogP contribution in [0.2, 0.25) is 0 Å². The van der Waals surface area contributed by atoms with Crippen molar-refractivity contribution in [1.29, 1.82) is 0 Å². The number of anilines is 1. The Bertz CT molecular complexity index is 594. The highest BCUT2D eigenvalue weighted by Gasteiger charge is 2.28. The molecule has 2 N–H and O–H groups in total. The van der Waals surface area contributed by atoms with Gasteiger partial charge >= 0.3 is 0 Å². The molecular weight excluding hydrogens is 252 g/mol. The van der Waals surface area contributed by atoms with Gasteiger partial charge in [0.1, 0.15) is 0 Å². The number of carbonyl (C=O) groups is 1. The molecule has 1 aromatic heterocycles. The monoisotopic (exact) mass is 270 g/mol. The maximum Gasteiger partial charge on any atom is 0.261 e. The Labute approximate surface area is 118 Å². The van der Waals surface area contributed by atoms with E-state index in [1.54, 1.807) is 12.4 Å². The van der Waals surface area contributed by atoms with Crippen molar-refractivity contribution in [2.45, 2.75) is 19.4 Å². The van der Waals surface area contributed by atoms with Gasteiger partial charge in [0.25, 0.3) is 5.91 Å². The van der Waals surface area contributed by atoms with E-state index >= 15 is 0 Å². The highest BCUT2D eigenvalue weighted by atomic mass is 16.2. The number of hydrogen-bond acceptors (Lipinski definition) is 3. The number of nitrogens with one attached hydrogen (secondary N) is 2. The van der Waals surface area contributed by atoms with Crippen molar-refractivity contribution in [3.8, 4) is 0 Å². The molecule has 1 aliphatic rings. The molecule has 1 amide bonds. The quantitative estimate of drug-likeness (QED) is 0.898. The van der Waals surface area contributed by atoms with E-state index < -0.39 is 0 Å². The van der Waals surface area contributed by atoms with Crippen LogP contribution in [0.4, 0.5) is 5.69 Å². The molecule has 2 heterocycles. The third-order valence-corrected chi connectivity index (χ3v) is 3.69. The molecule has 20 heavy (non-hydrogen) atoms. The zero-order valence-corrected chi connectivity index (χ0v) is 11.5. The van der Waals surface area contributed by atoms with Gasteiger partial charge in [-0.05, 0) is 24.6 Å². The highest BCUT2D eigenvalue weighted by Crippen LogP contribution is 2.34. The van der Waals surface area contributed by atoms with Gasteiger partial charge in [0.2, 0.25) is 0 Å². The van der Waals surface area contributed by atoms with Gasteiger partial charge in [-0.1, -0.05) is 25.1 Å². The molecule has 0 saturated carbocycles. The summed E-state index contributed by atoms with van der Waals surface area (Å²) in [5.41, 5.74) is 2.79. The number of rotatable bonds is 3. The van der Waals surface area contributed by atoms with E-state index in [4.69, 9.17) is 0 Å². The molecule has 5 nitrogen and oxygen atoms in total. The van der Waals surface area contributed by atoms with E-state index in [-0.39, 0.29) is 5.91 Å². The fraction of sp³-hybridized carbons (Fsp3) is 0.333. The van der Waals surface area contributed by atoms with Crippen LogP contribution in [0.15, 0.2) is 36.7 Å². The zero-order chi connectivity index (χ0) is 13.9. The van der Waals surface area contributed by atoms with Gasteiger partial charge in [0.15, 0.2) is 0 Å². The van der Waals surface area contributed by atoms with Crippen LogP contribution >= 0.6 is 0 Å². The third-order valence-electron chi connectivity index (χ3n) is 3.69. The van der Waals surface area contributed by atoms with Crippen LogP contribution in [-0.2, 0) is 0 Å². The van der Waals surface area contributed by atoms with Crippen molar-refractivity contribution < 1.29 is 4.79 Å². The van der Waals surface area contributed by atoms with E-state index in [0.717, 1.165) is 25.2 Å². The molecule has 1 unspecified atom stereocenters.